The maximum Gasteiger partial charge on any atom is 0.0762 e. The fourth-order valence-electron chi connectivity index (χ4n) is 1.47. The van der Waals surface area contributed by atoms with Gasteiger partial charge in [0.25, 0.3) is 0 Å². The van der Waals surface area contributed by atoms with Crippen molar-refractivity contribution in [3.8, 4) is 0 Å². The molecule has 0 atom stereocenters. The van der Waals surface area contributed by atoms with Gasteiger partial charge in [0, 0.05) is 31.9 Å². The molecule has 1 aromatic rings. The van der Waals surface area contributed by atoms with Gasteiger partial charge in [0.15, 0.2) is 0 Å². The Hall–Kier alpha value is -0.870. The van der Waals surface area contributed by atoms with Gasteiger partial charge in [0.2, 0.25) is 0 Å². The predicted octanol–water partition coefficient (Wildman–Crippen LogP) is 2.37. The van der Waals surface area contributed by atoms with Gasteiger partial charge in [-0.05, 0) is 26.3 Å². The van der Waals surface area contributed by atoms with Gasteiger partial charge >= 0.3 is 0 Å². The highest BCUT2D eigenvalue weighted by atomic mass is 16.5. The van der Waals surface area contributed by atoms with E-state index in [1.165, 1.54) is 6.42 Å². The second kappa shape index (κ2) is 8.25. The summed E-state index contributed by atoms with van der Waals surface area (Å²) in [5, 5.41) is 7.80. The van der Waals surface area contributed by atoms with Crippen LogP contribution < -0.4 is 5.32 Å². The van der Waals surface area contributed by atoms with Crippen LogP contribution in [0.5, 0.6) is 0 Å². The molecule has 0 bridgehead atoms. The lowest BCUT2D eigenvalue weighted by molar-refractivity contribution is 0.133. The minimum Gasteiger partial charge on any atom is -0.380 e. The number of rotatable bonds is 9. The lowest BCUT2D eigenvalue weighted by atomic mass is 10.4. The summed E-state index contributed by atoms with van der Waals surface area (Å²) in [4.78, 5) is 0. The maximum atomic E-state index is 5.47. The lowest BCUT2D eigenvalue weighted by Gasteiger charge is -2.05. The average molecular weight is 239 g/mol. The van der Waals surface area contributed by atoms with Crippen LogP contribution in [0.2, 0.25) is 0 Å². The van der Waals surface area contributed by atoms with Crippen molar-refractivity contribution in [2.75, 3.05) is 19.8 Å². The van der Waals surface area contributed by atoms with E-state index in [0.29, 0.717) is 6.04 Å². The number of hydrogen-bond acceptors (Lipinski definition) is 3. The third-order valence-corrected chi connectivity index (χ3v) is 2.56. The Bertz CT molecular complexity index is 297. The van der Waals surface area contributed by atoms with E-state index < -0.39 is 0 Å². The number of nitrogens with one attached hydrogen (secondary N) is 1. The number of ether oxygens (including phenoxy) is 1. The highest BCUT2D eigenvalue weighted by molar-refractivity contribution is 4.98. The van der Waals surface area contributed by atoms with E-state index in [9.17, 15) is 0 Å². The quantitative estimate of drug-likeness (QED) is 0.672. The Balaban J connectivity index is 2.05. The molecule has 98 valence electrons. The summed E-state index contributed by atoms with van der Waals surface area (Å²) in [6.07, 6.45) is 4.37. The van der Waals surface area contributed by atoms with Crippen LogP contribution in [0.4, 0.5) is 0 Å². The molecule has 1 heterocycles. The summed E-state index contributed by atoms with van der Waals surface area (Å²) in [6, 6.07) is 2.49. The molecular formula is C13H25N3O. The fraction of sp³-hybridized carbons (Fsp3) is 0.769. The van der Waals surface area contributed by atoms with Crippen LogP contribution >= 0.6 is 0 Å². The first-order chi connectivity index (χ1) is 8.24. The molecule has 0 unspecified atom stereocenters. The van der Waals surface area contributed by atoms with Crippen LogP contribution in [-0.4, -0.2) is 29.5 Å². The Kier molecular flexibility index (Phi) is 6.89. The van der Waals surface area contributed by atoms with Gasteiger partial charge in [-0.2, -0.15) is 5.10 Å². The lowest BCUT2D eigenvalue weighted by Crippen LogP contribution is -2.20. The molecule has 1 rings (SSSR count). The molecule has 17 heavy (non-hydrogen) atoms. The molecule has 0 saturated carbocycles. The highest BCUT2D eigenvalue weighted by Crippen LogP contribution is 2.03. The van der Waals surface area contributed by atoms with E-state index >= 15 is 0 Å². The highest BCUT2D eigenvalue weighted by Gasteiger charge is 2.00. The first-order valence-electron chi connectivity index (χ1n) is 6.56. The van der Waals surface area contributed by atoms with Crippen LogP contribution in [0.1, 0.15) is 45.3 Å². The molecule has 0 fully saturated rings. The van der Waals surface area contributed by atoms with Gasteiger partial charge in [-0.3, -0.25) is 4.68 Å². The molecule has 0 aliphatic carbocycles. The van der Waals surface area contributed by atoms with Crippen LogP contribution in [0.25, 0.3) is 0 Å². The van der Waals surface area contributed by atoms with Crippen molar-refractivity contribution < 1.29 is 4.74 Å². The van der Waals surface area contributed by atoms with Gasteiger partial charge in [-0.25, -0.2) is 0 Å². The molecule has 0 aliphatic heterocycles. The second-order valence-electron chi connectivity index (χ2n) is 4.52. The minimum atomic E-state index is 0.432. The Morgan fingerprint density at radius 2 is 2.24 bits per heavy atom. The van der Waals surface area contributed by atoms with Crippen molar-refractivity contribution in [1.82, 2.24) is 15.1 Å². The first kappa shape index (κ1) is 14.2. The zero-order chi connectivity index (χ0) is 12.5. The third kappa shape index (κ3) is 5.84. The standard InChI is InChI=1S/C13H25N3O/c1-4-5-9-17-10-7-14-11-13-6-8-16(15-13)12(2)3/h6,8,12,14H,4-5,7,9-11H2,1-3H3. The zero-order valence-corrected chi connectivity index (χ0v) is 11.3. The Morgan fingerprint density at radius 1 is 1.41 bits per heavy atom. The minimum absolute atomic E-state index is 0.432. The molecule has 4 nitrogen and oxygen atoms in total. The molecule has 0 radical (unpaired) electrons. The molecule has 0 spiro atoms. The first-order valence-corrected chi connectivity index (χ1v) is 6.56. The van der Waals surface area contributed by atoms with Crippen molar-refractivity contribution >= 4 is 0 Å². The van der Waals surface area contributed by atoms with Gasteiger partial charge in [-0.1, -0.05) is 13.3 Å². The molecule has 0 amide bonds. The SMILES string of the molecule is CCCCOCCNCc1ccn(C(C)C)n1. The van der Waals surface area contributed by atoms with Gasteiger partial charge in [-0.15, -0.1) is 0 Å². The summed E-state index contributed by atoms with van der Waals surface area (Å²) < 4.78 is 7.45. The van der Waals surface area contributed by atoms with Crippen LogP contribution in [-0.2, 0) is 11.3 Å². The average Bonchev–Trinajstić information content (AvgIpc) is 2.77. The summed E-state index contributed by atoms with van der Waals surface area (Å²) in [5.74, 6) is 0. The van der Waals surface area contributed by atoms with Crippen molar-refractivity contribution in [2.24, 2.45) is 0 Å². The van der Waals surface area contributed by atoms with Gasteiger partial charge in [0.1, 0.15) is 0 Å². The molecule has 1 aromatic heterocycles. The number of aromatic nitrogens is 2. The van der Waals surface area contributed by atoms with E-state index in [2.05, 4.69) is 37.3 Å². The summed E-state index contributed by atoms with van der Waals surface area (Å²) in [7, 11) is 0. The third-order valence-electron chi connectivity index (χ3n) is 2.56. The van der Waals surface area contributed by atoms with Crippen LogP contribution in [0.3, 0.4) is 0 Å². The normalized spacial score (nSPS) is 11.3. The second-order valence-corrected chi connectivity index (χ2v) is 4.52. The predicted molar refractivity (Wildman–Crippen MR) is 70.0 cm³/mol. The topological polar surface area (TPSA) is 39.1 Å². The summed E-state index contributed by atoms with van der Waals surface area (Å²) in [6.45, 7) is 9.80. The number of unbranched alkanes of at least 4 members (excludes halogenated alkanes) is 1. The van der Waals surface area contributed by atoms with Crippen molar-refractivity contribution in [1.29, 1.82) is 0 Å². The molecule has 1 N–H and O–H groups in total. The van der Waals surface area contributed by atoms with E-state index in [1.54, 1.807) is 0 Å². The van der Waals surface area contributed by atoms with E-state index in [4.69, 9.17) is 4.74 Å². The van der Waals surface area contributed by atoms with Gasteiger partial charge < -0.3 is 10.1 Å². The van der Waals surface area contributed by atoms with Crippen molar-refractivity contribution in [2.45, 2.75) is 46.2 Å². The molecule has 4 heteroatoms. The Morgan fingerprint density at radius 3 is 2.88 bits per heavy atom. The Labute approximate surface area is 104 Å². The number of nitrogens with zero attached hydrogens (tertiary/aromatic N) is 2. The van der Waals surface area contributed by atoms with E-state index in [1.807, 2.05) is 10.9 Å². The number of hydrogen-bond donors (Lipinski definition) is 1. The van der Waals surface area contributed by atoms with Gasteiger partial charge in [0.05, 0.1) is 12.3 Å². The van der Waals surface area contributed by atoms with E-state index in [0.717, 1.165) is 38.4 Å². The largest absolute Gasteiger partial charge is 0.380 e. The molecule has 0 aliphatic rings. The van der Waals surface area contributed by atoms with Crippen LogP contribution in [0, 0.1) is 0 Å². The fourth-order valence-corrected chi connectivity index (χ4v) is 1.47. The smallest absolute Gasteiger partial charge is 0.0762 e. The maximum absolute atomic E-state index is 5.47. The summed E-state index contributed by atoms with van der Waals surface area (Å²) >= 11 is 0. The molecule has 0 aromatic carbocycles. The monoisotopic (exact) mass is 239 g/mol. The molecule has 0 saturated heterocycles. The van der Waals surface area contributed by atoms with Crippen molar-refractivity contribution in [3.05, 3.63) is 18.0 Å². The van der Waals surface area contributed by atoms with E-state index in [-0.39, 0.29) is 0 Å². The zero-order valence-electron chi connectivity index (χ0n) is 11.3. The summed E-state index contributed by atoms with van der Waals surface area (Å²) in [5.41, 5.74) is 1.09. The van der Waals surface area contributed by atoms with Crippen LogP contribution in [0.15, 0.2) is 12.3 Å². The van der Waals surface area contributed by atoms with Crippen molar-refractivity contribution in [3.63, 3.8) is 0 Å². The molecular weight excluding hydrogens is 214 g/mol.